The normalized spacial score (nSPS) is 41.1. The molecular weight excluding hydrogens is 206 g/mol. The SMILES string of the molecule is CC1(C)C(CNCC2CC3C=CC2C3)C1(C)C. The van der Waals surface area contributed by atoms with Crippen LogP contribution in [0.15, 0.2) is 12.2 Å². The van der Waals surface area contributed by atoms with E-state index in [0.29, 0.717) is 10.8 Å². The summed E-state index contributed by atoms with van der Waals surface area (Å²) in [5.41, 5.74) is 1.07. The van der Waals surface area contributed by atoms with Crippen molar-refractivity contribution in [2.24, 2.45) is 34.5 Å². The first kappa shape index (κ1) is 11.8. The minimum absolute atomic E-state index is 0.536. The first-order valence-electron chi connectivity index (χ1n) is 7.32. The van der Waals surface area contributed by atoms with Gasteiger partial charge >= 0.3 is 0 Å². The fourth-order valence-corrected chi connectivity index (χ4v) is 4.39. The molecule has 0 amide bonds. The number of allylic oxidation sites excluding steroid dienone is 2. The quantitative estimate of drug-likeness (QED) is 0.733. The lowest BCUT2D eigenvalue weighted by Gasteiger charge is -2.18. The first-order chi connectivity index (χ1) is 7.93. The molecule has 1 N–H and O–H groups in total. The molecule has 0 aliphatic heterocycles. The summed E-state index contributed by atoms with van der Waals surface area (Å²) in [5, 5.41) is 3.75. The maximum Gasteiger partial charge on any atom is -0.000977 e. The van der Waals surface area contributed by atoms with Crippen LogP contribution in [-0.2, 0) is 0 Å². The van der Waals surface area contributed by atoms with E-state index in [0.717, 1.165) is 23.7 Å². The van der Waals surface area contributed by atoms with Crippen LogP contribution in [0.2, 0.25) is 0 Å². The lowest BCUT2D eigenvalue weighted by atomic mass is 9.93. The third-order valence-electron chi connectivity index (χ3n) is 6.49. The summed E-state index contributed by atoms with van der Waals surface area (Å²) in [4.78, 5) is 0. The lowest BCUT2D eigenvalue weighted by Crippen LogP contribution is -2.28. The Bertz CT molecular complexity index is 325. The van der Waals surface area contributed by atoms with Gasteiger partial charge < -0.3 is 5.32 Å². The molecule has 3 unspecified atom stereocenters. The molecule has 2 saturated carbocycles. The average Bonchev–Trinajstić information content (AvgIpc) is 2.75. The predicted octanol–water partition coefficient (Wildman–Crippen LogP) is 3.47. The van der Waals surface area contributed by atoms with Crippen molar-refractivity contribution in [3.63, 3.8) is 0 Å². The molecular formula is C16H27N. The second-order valence-corrected chi connectivity index (χ2v) is 7.69. The largest absolute Gasteiger partial charge is 0.316 e. The van der Waals surface area contributed by atoms with Crippen LogP contribution in [0.1, 0.15) is 40.5 Å². The van der Waals surface area contributed by atoms with Gasteiger partial charge in [0, 0.05) is 0 Å². The predicted molar refractivity (Wildman–Crippen MR) is 72.8 cm³/mol. The fraction of sp³-hybridized carbons (Fsp3) is 0.875. The minimum Gasteiger partial charge on any atom is -0.316 e. The second-order valence-electron chi connectivity index (χ2n) is 7.69. The van der Waals surface area contributed by atoms with Gasteiger partial charge in [0.15, 0.2) is 0 Å². The summed E-state index contributed by atoms with van der Waals surface area (Å²) >= 11 is 0. The van der Waals surface area contributed by atoms with Crippen molar-refractivity contribution in [3.05, 3.63) is 12.2 Å². The Hall–Kier alpha value is -0.300. The number of rotatable bonds is 4. The molecule has 3 rings (SSSR count). The molecule has 3 aliphatic rings. The van der Waals surface area contributed by atoms with E-state index in [-0.39, 0.29) is 0 Å². The van der Waals surface area contributed by atoms with Crippen molar-refractivity contribution < 1.29 is 0 Å². The number of nitrogens with one attached hydrogen (secondary N) is 1. The zero-order valence-electron chi connectivity index (χ0n) is 11.8. The van der Waals surface area contributed by atoms with Gasteiger partial charge in [-0.3, -0.25) is 0 Å². The van der Waals surface area contributed by atoms with Crippen molar-refractivity contribution in [1.29, 1.82) is 0 Å². The molecule has 0 aromatic rings. The third kappa shape index (κ3) is 1.69. The molecule has 0 aromatic heterocycles. The van der Waals surface area contributed by atoms with Gasteiger partial charge in [0.1, 0.15) is 0 Å². The summed E-state index contributed by atoms with van der Waals surface area (Å²) < 4.78 is 0. The van der Waals surface area contributed by atoms with E-state index in [1.807, 2.05) is 0 Å². The summed E-state index contributed by atoms with van der Waals surface area (Å²) in [6.45, 7) is 12.1. The van der Waals surface area contributed by atoms with E-state index in [2.05, 4.69) is 45.2 Å². The van der Waals surface area contributed by atoms with Gasteiger partial charge in [0.25, 0.3) is 0 Å². The van der Waals surface area contributed by atoms with E-state index >= 15 is 0 Å². The van der Waals surface area contributed by atoms with E-state index in [4.69, 9.17) is 0 Å². The summed E-state index contributed by atoms with van der Waals surface area (Å²) in [6, 6.07) is 0. The van der Waals surface area contributed by atoms with Crippen LogP contribution in [0.25, 0.3) is 0 Å². The third-order valence-corrected chi connectivity index (χ3v) is 6.49. The Labute approximate surface area is 106 Å². The van der Waals surface area contributed by atoms with Crippen molar-refractivity contribution in [3.8, 4) is 0 Å². The van der Waals surface area contributed by atoms with Crippen LogP contribution < -0.4 is 5.32 Å². The Kier molecular flexibility index (Phi) is 2.49. The molecule has 1 nitrogen and oxygen atoms in total. The van der Waals surface area contributed by atoms with Gasteiger partial charge in [-0.1, -0.05) is 39.8 Å². The topological polar surface area (TPSA) is 12.0 Å². The van der Waals surface area contributed by atoms with Gasteiger partial charge in [0.05, 0.1) is 0 Å². The lowest BCUT2D eigenvalue weighted by molar-refractivity contribution is 0.400. The number of hydrogen-bond donors (Lipinski definition) is 1. The van der Waals surface area contributed by atoms with E-state index in [9.17, 15) is 0 Å². The molecule has 0 radical (unpaired) electrons. The summed E-state index contributed by atoms with van der Waals surface area (Å²) in [5.74, 6) is 3.60. The van der Waals surface area contributed by atoms with E-state index in [1.165, 1.54) is 25.9 Å². The zero-order chi connectivity index (χ0) is 12.3. The van der Waals surface area contributed by atoms with Gasteiger partial charge in [-0.25, -0.2) is 0 Å². The maximum atomic E-state index is 3.75. The molecule has 0 heterocycles. The van der Waals surface area contributed by atoms with Gasteiger partial charge in [-0.05, 0) is 60.4 Å². The van der Waals surface area contributed by atoms with Crippen molar-refractivity contribution in [2.75, 3.05) is 13.1 Å². The molecule has 1 heteroatoms. The fourth-order valence-electron chi connectivity index (χ4n) is 4.39. The highest BCUT2D eigenvalue weighted by atomic mass is 14.9. The number of fused-ring (bicyclic) bond motifs is 2. The zero-order valence-corrected chi connectivity index (χ0v) is 11.8. The minimum atomic E-state index is 0.536. The molecule has 3 atom stereocenters. The molecule has 2 bridgehead atoms. The standard InChI is InChI=1S/C16H27N/c1-15(2)14(16(15,3)4)10-17-9-13-8-11-5-6-12(13)7-11/h5-6,11-14,17H,7-10H2,1-4H3. The van der Waals surface area contributed by atoms with E-state index in [1.54, 1.807) is 0 Å². The van der Waals surface area contributed by atoms with Gasteiger partial charge in [0.2, 0.25) is 0 Å². The van der Waals surface area contributed by atoms with Crippen LogP contribution >= 0.6 is 0 Å². The molecule has 0 aromatic carbocycles. The molecule has 2 fully saturated rings. The van der Waals surface area contributed by atoms with Crippen LogP contribution in [0.4, 0.5) is 0 Å². The second kappa shape index (κ2) is 3.60. The van der Waals surface area contributed by atoms with Crippen molar-refractivity contribution >= 4 is 0 Å². The maximum absolute atomic E-state index is 3.75. The summed E-state index contributed by atoms with van der Waals surface area (Å²) in [6.07, 6.45) is 7.78. The smallest absolute Gasteiger partial charge is 0.000977 e. The Morgan fingerprint density at radius 1 is 1.00 bits per heavy atom. The first-order valence-corrected chi connectivity index (χ1v) is 7.32. The summed E-state index contributed by atoms with van der Waals surface area (Å²) in [7, 11) is 0. The Morgan fingerprint density at radius 3 is 2.18 bits per heavy atom. The average molecular weight is 233 g/mol. The highest BCUT2D eigenvalue weighted by Gasteiger charge is 2.63. The van der Waals surface area contributed by atoms with Crippen LogP contribution in [0.5, 0.6) is 0 Å². The Balaban J connectivity index is 1.44. The Morgan fingerprint density at radius 2 is 1.71 bits per heavy atom. The van der Waals surface area contributed by atoms with Crippen molar-refractivity contribution in [2.45, 2.75) is 40.5 Å². The highest BCUT2D eigenvalue weighted by Crippen LogP contribution is 2.67. The molecule has 0 spiro atoms. The van der Waals surface area contributed by atoms with Crippen molar-refractivity contribution in [1.82, 2.24) is 5.32 Å². The van der Waals surface area contributed by atoms with Gasteiger partial charge in [-0.15, -0.1) is 0 Å². The molecule has 17 heavy (non-hydrogen) atoms. The van der Waals surface area contributed by atoms with Crippen LogP contribution in [0, 0.1) is 34.5 Å². The van der Waals surface area contributed by atoms with E-state index < -0.39 is 0 Å². The van der Waals surface area contributed by atoms with Gasteiger partial charge in [-0.2, -0.15) is 0 Å². The molecule has 96 valence electrons. The number of hydrogen-bond acceptors (Lipinski definition) is 1. The van der Waals surface area contributed by atoms with Crippen LogP contribution in [0.3, 0.4) is 0 Å². The molecule has 3 aliphatic carbocycles. The van der Waals surface area contributed by atoms with Crippen LogP contribution in [-0.4, -0.2) is 13.1 Å². The highest BCUT2D eigenvalue weighted by molar-refractivity contribution is 5.13. The molecule has 0 saturated heterocycles. The monoisotopic (exact) mass is 233 g/mol.